The highest BCUT2D eigenvalue weighted by atomic mass is 16.5. The van der Waals surface area contributed by atoms with E-state index in [-0.39, 0.29) is 13.9 Å². The lowest BCUT2D eigenvalue weighted by Crippen LogP contribution is -2.30. The van der Waals surface area contributed by atoms with Crippen molar-refractivity contribution < 1.29 is 15.7 Å². The molecule has 19 heavy (non-hydrogen) atoms. The zero-order chi connectivity index (χ0) is 13.8. The van der Waals surface area contributed by atoms with Gasteiger partial charge < -0.3 is 14.8 Å². The number of nitrogens with one attached hydrogen (secondary N) is 1. The summed E-state index contributed by atoms with van der Waals surface area (Å²) in [6.45, 7) is 4.28. The van der Waals surface area contributed by atoms with Crippen molar-refractivity contribution in [3.63, 3.8) is 0 Å². The molecule has 4 nitrogen and oxygen atoms in total. The zero-order valence-corrected chi connectivity index (χ0v) is 11.7. The number of carbonyl (C=O) groups is 1. The second kappa shape index (κ2) is 5.95. The summed E-state index contributed by atoms with van der Waals surface area (Å²) >= 11 is 0. The zero-order valence-electron chi connectivity index (χ0n) is 11.7. The standard InChI is InChI=1S/C15H21NO3.H2/c1-10(2)11-4-7-13(14(8-11)18-3)19-9-15(17)16-12-5-6-12;/h4,7-8,10,12H,5-6,9H2,1-3H3,(H,16,17);1H. The molecule has 1 aromatic carbocycles. The Balaban J connectivity index is 0.00000200. The maximum atomic E-state index is 11.6. The summed E-state index contributed by atoms with van der Waals surface area (Å²) in [6, 6.07) is 6.18. The van der Waals surface area contributed by atoms with E-state index in [1.54, 1.807) is 7.11 Å². The number of rotatable bonds is 6. The van der Waals surface area contributed by atoms with Crippen LogP contribution in [0.15, 0.2) is 18.2 Å². The molecule has 1 N–H and O–H groups in total. The van der Waals surface area contributed by atoms with Gasteiger partial charge in [-0.3, -0.25) is 4.79 Å². The molecule has 1 fully saturated rings. The van der Waals surface area contributed by atoms with Crippen LogP contribution in [0.4, 0.5) is 0 Å². The van der Waals surface area contributed by atoms with Crippen LogP contribution in [0.3, 0.4) is 0 Å². The Hall–Kier alpha value is -1.71. The van der Waals surface area contributed by atoms with Gasteiger partial charge in [-0.2, -0.15) is 0 Å². The third kappa shape index (κ3) is 3.88. The number of benzene rings is 1. The van der Waals surface area contributed by atoms with Gasteiger partial charge in [-0.15, -0.1) is 0 Å². The summed E-state index contributed by atoms with van der Waals surface area (Å²) in [6.07, 6.45) is 2.16. The van der Waals surface area contributed by atoms with E-state index in [9.17, 15) is 4.79 Å². The summed E-state index contributed by atoms with van der Waals surface area (Å²) in [5, 5.41) is 2.89. The molecule has 0 heterocycles. The molecule has 0 bridgehead atoms. The van der Waals surface area contributed by atoms with Crippen LogP contribution in [0.5, 0.6) is 11.5 Å². The SMILES string of the molecule is COc1cc(C(C)C)ccc1OCC(=O)NC1CC1.[HH]. The normalized spacial score (nSPS) is 14.3. The van der Waals surface area contributed by atoms with E-state index in [4.69, 9.17) is 9.47 Å². The van der Waals surface area contributed by atoms with E-state index in [1.807, 2.05) is 18.2 Å². The molecule has 1 aliphatic rings. The summed E-state index contributed by atoms with van der Waals surface area (Å²) in [5.74, 6) is 1.64. The molecule has 1 aliphatic carbocycles. The second-order valence-electron chi connectivity index (χ2n) is 5.20. The highest BCUT2D eigenvalue weighted by Crippen LogP contribution is 2.30. The fourth-order valence-electron chi connectivity index (χ4n) is 1.80. The van der Waals surface area contributed by atoms with Gasteiger partial charge in [0.25, 0.3) is 5.91 Å². The van der Waals surface area contributed by atoms with Crippen molar-refractivity contribution in [3.05, 3.63) is 23.8 Å². The lowest BCUT2D eigenvalue weighted by molar-refractivity contribution is -0.123. The Labute approximate surface area is 115 Å². The Morgan fingerprint density at radius 2 is 2.16 bits per heavy atom. The van der Waals surface area contributed by atoms with Crippen molar-refractivity contribution in [1.29, 1.82) is 0 Å². The minimum atomic E-state index is -0.0718. The van der Waals surface area contributed by atoms with E-state index in [0.717, 1.165) is 12.8 Å². The average Bonchev–Trinajstić information content (AvgIpc) is 3.19. The molecule has 0 atom stereocenters. The van der Waals surface area contributed by atoms with Gasteiger partial charge in [-0.05, 0) is 36.5 Å². The van der Waals surface area contributed by atoms with Crippen molar-refractivity contribution in [2.24, 2.45) is 0 Å². The molecule has 0 aromatic heterocycles. The molecule has 1 amide bonds. The van der Waals surface area contributed by atoms with Gasteiger partial charge in [-0.25, -0.2) is 0 Å². The van der Waals surface area contributed by atoms with Gasteiger partial charge in [0, 0.05) is 7.47 Å². The van der Waals surface area contributed by atoms with Crippen LogP contribution in [0.1, 0.15) is 39.6 Å². The number of hydrogen-bond donors (Lipinski definition) is 1. The molecule has 0 unspecified atom stereocenters. The molecule has 4 heteroatoms. The number of amides is 1. The molecule has 0 saturated heterocycles. The van der Waals surface area contributed by atoms with E-state index in [2.05, 4.69) is 19.2 Å². The molecule has 0 aliphatic heterocycles. The molecule has 106 valence electrons. The monoisotopic (exact) mass is 265 g/mol. The van der Waals surface area contributed by atoms with Crippen molar-refractivity contribution in [2.75, 3.05) is 13.7 Å². The van der Waals surface area contributed by atoms with Crippen LogP contribution < -0.4 is 14.8 Å². The molecular weight excluding hydrogens is 242 g/mol. The third-order valence-electron chi connectivity index (χ3n) is 3.16. The highest BCUT2D eigenvalue weighted by molar-refractivity contribution is 5.78. The topological polar surface area (TPSA) is 47.6 Å². The third-order valence-corrected chi connectivity index (χ3v) is 3.16. The van der Waals surface area contributed by atoms with Crippen LogP contribution in [-0.4, -0.2) is 25.7 Å². The molecule has 0 radical (unpaired) electrons. The number of ether oxygens (including phenoxy) is 2. The predicted octanol–water partition coefficient (Wildman–Crippen LogP) is 2.72. The van der Waals surface area contributed by atoms with E-state index in [0.29, 0.717) is 23.5 Å². The maximum absolute atomic E-state index is 11.6. The number of carbonyl (C=O) groups excluding carboxylic acids is 1. The first-order valence-corrected chi connectivity index (χ1v) is 6.70. The van der Waals surface area contributed by atoms with Crippen molar-refractivity contribution in [2.45, 2.75) is 38.6 Å². The van der Waals surface area contributed by atoms with Gasteiger partial charge in [-0.1, -0.05) is 19.9 Å². The van der Waals surface area contributed by atoms with Gasteiger partial charge in [0.15, 0.2) is 18.1 Å². The van der Waals surface area contributed by atoms with Crippen LogP contribution in [0.2, 0.25) is 0 Å². The van der Waals surface area contributed by atoms with Gasteiger partial charge in [0.05, 0.1) is 7.11 Å². The number of hydrogen-bond acceptors (Lipinski definition) is 3. The van der Waals surface area contributed by atoms with Crippen LogP contribution in [0.25, 0.3) is 0 Å². The summed E-state index contributed by atoms with van der Waals surface area (Å²) < 4.78 is 10.8. The molecule has 1 aromatic rings. The Morgan fingerprint density at radius 1 is 1.42 bits per heavy atom. The molecule has 0 spiro atoms. The first-order valence-electron chi connectivity index (χ1n) is 6.70. The molecule has 1 saturated carbocycles. The minimum Gasteiger partial charge on any atom is -0.493 e. The lowest BCUT2D eigenvalue weighted by atomic mass is 10.0. The first kappa shape index (κ1) is 13.7. The van der Waals surface area contributed by atoms with E-state index >= 15 is 0 Å². The fourth-order valence-corrected chi connectivity index (χ4v) is 1.80. The predicted molar refractivity (Wildman–Crippen MR) is 75.9 cm³/mol. The van der Waals surface area contributed by atoms with Crippen molar-refractivity contribution in [1.82, 2.24) is 5.32 Å². The number of methoxy groups -OCH3 is 1. The van der Waals surface area contributed by atoms with Gasteiger partial charge >= 0.3 is 0 Å². The van der Waals surface area contributed by atoms with E-state index in [1.165, 1.54) is 5.56 Å². The largest absolute Gasteiger partial charge is 0.493 e. The molecular formula is C15H23NO3. The Kier molecular flexibility index (Phi) is 4.30. The lowest BCUT2D eigenvalue weighted by Gasteiger charge is -2.13. The fraction of sp³-hybridized carbons (Fsp3) is 0.533. The minimum absolute atomic E-state index is 0. The smallest absolute Gasteiger partial charge is 0.258 e. The summed E-state index contributed by atoms with van der Waals surface area (Å²) in [5.41, 5.74) is 1.19. The Bertz CT molecular complexity index is 458. The van der Waals surface area contributed by atoms with Crippen molar-refractivity contribution in [3.8, 4) is 11.5 Å². The average molecular weight is 265 g/mol. The van der Waals surface area contributed by atoms with Gasteiger partial charge in [0.2, 0.25) is 0 Å². The van der Waals surface area contributed by atoms with Crippen LogP contribution in [-0.2, 0) is 4.79 Å². The molecule has 2 rings (SSSR count). The van der Waals surface area contributed by atoms with E-state index < -0.39 is 0 Å². The summed E-state index contributed by atoms with van der Waals surface area (Å²) in [7, 11) is 1.61. The van der Waals surface area contributed by atoms with Crippen LogP contribution >= 0.6 is 0 Å². The quantitative estimate of drug-likeness (QED) is 0.860. The summed E-state index contributed by atoms with van der Waals surface area (Å²) in [4.78, 5) is 11.6. The Morgan fingerprint density at radius 3 is 2.74 bits per heavy atom. The second-order valence-corrected chi connectivity index (χ2v) is 5.20. The van der Waals surface area contributed by atoms with Crippen molar-refractivity contribution >= 4 is 5.91 Å². The first-order chi connectivity index (χ1) is 9.10. The van der Waals surface area contributed by atoms with Gasteiger partial charge in [0.1, 0.15) is 0 Å². The highest BCUT2D eigenvalue weighted by Gasteiger charge is 2.23. The van der Waals surface area contributed by atoms with Crippen LogP contribution in [0, 0.1) is 0 Å². The maximum Gasteiger partial charge on any atom is 0.258 e.